The van der Waals surface area contributed by atoms with Gasteiger partial charge in [-0.15, -0.1) is 5.10 Å². The number of benzene rings is 1. The highest BCUT2D eigenvalue weighted by Crippen LogP contribution is 2.06. The molecule has 0 spiro atoms. The Labute approximate surface area is 137 Å². The first-order valence-electron chi connectivity index (χ1n) is 7.52. The van der Waals surface area contributed by atoms with Crippen LogP contribution in [0.5, 0.6) is 0 Å². The van der Waals surface area contributed by atoms with Crippen molar-refractivity contribution in [2.45, 2.75) is 13.1 Å². The second-order valence-corrected chi connectivity index (χ2v) is 5.17. The van der Waals surface area contributed by atoms with E-state index in [1.807, 2.05) is 12.1 Å². The quantitative estimate of drug-likeness (QED) is 0.622. The zero-order valence-corrected chi connectivity index (χ0v) is 12.9. The summed E-state index contributed by atoms with van der Waals surface area (Å²) in [7, 11) is 0. The molecule has 3 rings (SSSR count). The molecular formula is C15H17N7O2. The minimum Gasteiger partial charge on any atom is -0.349 e. The third-order valence-electron chi connectivity index (χ3n) is 3.50. The van der Waals surface area contributed by atoms with Crippen LogP contribution in [0.4, 0.5) is 0 Å². The number of amides is 1. The van der Waals surface area contributed by atoms with Crippen LogP contribution in [-0.2, 0) is 13.1 Å². The van der Waals surface area contributed by atoms with Crippen molar-refractivity contribution in [2.75, 3.05) is 13.1 Å². The second kappa shape index (κ2) is 7.01. The Morgan fingerprint density at radius 3 is 2.92 bits per heavy atom. The maximum absolute atomic E-state index is 12.3. The van der Waals surface area contributed by atoms with Crippen molar-refractivity contribution in [1.29, 1.82) is 0 Å². The van der Waals surface area contributed by atoms with Gasteiger partial charge in [0, 0.05) is 18.5 Å². The molecule has 3 N–H and O–H groups in total. The van der Waals surface area contributed by atoms with E-state index in [9.17, 15) is 9.59 Å². The summed E-state index contributed by atoms with van der Waals surface area (Å²) in [5.74, 6) is -0.355. The Hall–Kier alpha value is -3.07. The average molecular weight is 327 g/mol. The molecule has 1 amide bonds. The van der Waals surface area contributed by atoms with E-state index in [1.165, 1.54) is 15.6 Å². The van der Waals surface area contributed by atoms with Gasteiger partial charge in [0.05, 0.1) is 30.9 Å². The van der Waals surface area contributed by atoms with E-state index in [-0.39, 0.29) is 30.2 Å². The Morgan fingerprint density at radius 1 is 1.25 bits per heavy atom. The monoisotopic (exact) mass is 327 g/mol. The van der Waals surface area contributed by atoms with Gasteiger partial charge in [0.25, 0.3) is 11.5 Å². The summed E-state index contributed by atoms with van der Waals surface area (Å²) in [6, 6.07) is 7.25. The molecule has 9 heteroatoms. The average Bonchev–Trinajstić information content (AvgIpc) is 3.06. The standard InChI is InChI=1S/C15H17N7O2/c16-5-7-21-10-13(19-20-21)14(23)17-6-8-22-15(24)12-4-2-1-3-11(12)9-18-22/h1-4,9-10H,5-8,16H2,(H,17,23). The number of rotatable bonds is 6. The first-order valence-corrected chi connectivity index (χ1v) is 7.52. The molecule has 0 saturated heterocycles. The molecular weight excluding hydrogens is 310 g/mol. The van der Waals surface area contributed by atoms with Crippen molar-refractivity contribution in [2.24, 2.45) is 5.73 Å². The minimum atomic E-state index is -0.355. The predicted molar refractivity (Wildman–Crippen MR) is 87.4 cm³/mol. The van der Waals surface area contributed by atoms with Gasteiger partial charge in [-0.25, -0.2) is 4.68 Å². The molecule has 3 aromatic rings. The van der Waals surface area contributed by atoms with E-state index in [0.29, 0.717) is 18.5 Å². The molecule has 0 fully saturated rings. The van der Waals surface area contributed by atoms with Crippen LogP contribution < -0.4 is 16.6 Å². The summed E-state index contributed by atoms with van der Waals surface area (Å²) in [5, 5.41) is 15.8. The fourth-order valence-corrected chi connectivity index (χ4v) is 2.30. The lowest BCUT2D eigenvalue weighted by atomic mass is 10.2. The van der Waals surface area contributed by atoms with Gasteiger partial charge < -0.3 is 11.1 Å². The van der Waals surface area contributed by atoms with Gasteiger partial charge in [-0.05, 0) is 6.07 Å². The van der Waals surface area contributed by atoms with Gasteiger partial charge in [0.15, 0.2) is 5.69 Å². The van der Waals surface area contributed by atoms with Gasteiger partial charge in [0.2, 0.25) is 0 Å². The lowest BCUT2D eigenvalue weighted by Gasteiger charge is -2.06. The van der Waals surface area contributed by atoms with Crippen molar-refractivity contribution in [3.63, 3.8) is 0 Å². The summed E-state index contributed by atoms with van der Waals surface area (Å²) in [6.07, 6.45) is 3.17. The molecule has 24 heavy (non-hydrogen) atoms. The fourth-order valence-electron chi connectivity index (χ4n) is 2.30. The number of fused-ring (bicyclic) bond motifs is 1. The van der Waals surface area contributed by atoms with Gasteiger partial charge in [-0.1, -0.05) is 23.4 Å². The molecule has 0 aliphatic rings. The number of nitrogens with zero attached hydrogens (tertiary/aromatic N) is 5. The molecule has 0 aliphatic heterocycles. The van der Waals surface area contributed by atoms with Crippen LogP contribution in [0.25, 0.3) is 10.8 Å². The molecule has 9 nitrogen and oxygen atoms in total. The zero-order chi connectivity index (χ0) is 16.9. The van der Waals surface area contributed by atoms with Crippen LogP contribution >= 0.6 is 0 Å². The molecule has 0 bridgehead atoms. The SMILES string of the molecule is NCCn1cc(C(=O)NCCn2ncc3ccccc3c2=O)nn1. The highest BCUT2D eigenvalue weighted by Gasteiger charge is 2.10. The summed E-state index contributed by atoms with van der Waals surface area (Å²) in [5.41, 5.74) is 5.44. The van der Waals surface area contributed by atoms with E-state index >= 15 is 0 Å². The summed E-state index contributed by atoms with van der Waals surface area (Å²) < 4.78 is 2.83. The fraction of sp³-hybridized carbons (Fsp3) is 0.267. The maximum atomic E-state index is 12.3. The highest BCUT2D eigenvalue weighted by atomic mass is 16.2. The summed E-state index contributed by atoms with van der Waals surface area (Å²) in [6.45, 7) is 1.44. The van der Waals surface area contributed by atoms with E-state index in [1.54, 1.807) is 18.3 Å². The number of carbonyl (C=O) groups is 1. The number of nitrogens with one attached hydrogen (secondary N) is 1. The zero-order valence-electron chi connectivity index (χ0n) is 12.9. The van der Waals surface area contributed by atoms with E-state index in [0.717, 1.165) is 5.39 Å². The van der Waals surface area contributed by atoms with Crippen molar-refractivity contribution in [3.05, 3.63) is 52.7 Å². The van der Waals surface area contributed by atoms with Crippen LogP contribution in [-0.4, -0.2) is 43.8 Å². The lowest BCUT2D eigenvalue weighted by Crippen LogP contribution is -2.32. The van der Waals surface area contributed by atoms with Gasteiger partial charge >= 0.3 is 0 Å². The van der Waals surface area contributed by atoms with Crippen LogP contribution in [0.2, 0.25) is 0 Å². The normalized spacial score (nSPS) is 10.9. The van der Waals surface area contributed by atoms with Crippen molar-refractivity contribution >= 4 is 16.7 Å². The first kappa shape index (κ1) is 15.8. The molecule has 2 heterocycles. The number of carbonyl (C=O) groups excluding carboxylic acids is 1. The number of hydrogen-bond acceptors (Lipinski definition) is 6. The summed E-state index contributed by atoms with van der Waals surface area (Å²) >= 11 is 0. The van der Waals surface area contributed by atoms with E-state index < -0.39 is 0 Å². The van der Waals surface area contributed by atoms with Crippen LogP contribution in [0.15, 0.2) is 41.5 Å². The third kappa shape index (κ3) is 3.30. The van der Waals surface area contributed by atoms with Crippen LogP contribution in [0, 0.1) is 0 Å². The summed E-state index contributed by atoms with van der Waals surface area (Å²) in [4.78, 5) is 24.3. The molecule has 2 aromatic heterocycles. The predicted octanol–water partition coefficient (Wildman–Crippen LogP) is -0.623. The maximum Gasteiger partial charge on any atom is 0.274 e. The molecule has 124 valence electrons. The molecule has 0 unspecified atom stereocenters. The molecule has 0 aliphatic carbocycles. The molecule has 1 aromatic carbocycles. The molecule has 0 saturated carbocycles. The Balaban J connectivity index is 1.62. The number of aromatic nitrogens is 5. The van der Waals surface area contributed by atoms with Crippen molar-refractivity contribution in [3.8, 4) is 0 Å². The largest absolute Gasteiger partial charge is 0.349 e. The Bertz CT molecular complexity index is 915. The number of nitrogens with two attached hydrogens (primary N) is 1. The van der Waals surface area contributed by atoms with E-state index in [2.05, 4.69) is 20.7 Å². The molecule has 0 radical (unpaired) electrons. The van der Waals surface area contributed by atoms with E-state index in [4.69, 9.17) is 5.73 Å². The van der Waals surface area contributed by atoms with Gasteiger partial charge in [0.1, 0.15) is 0 Å². The van der Waals surface area contributed by atoms with Gasteiger partial charge in [-0.2, -0.15) is 5.10 Å². The second-order valence-electron chi connectivity index (χ2n) is 5.17. The van der Waals surface area contributed by atoms with Crippen LogP contribution in [0.1, 0.15) is 10.5 Å². The first-order chi connectivity index (χ1) is 11.7. The third-order valence-corrected chi connectivity index (χ3v) is 3.50. The number of hydrogen-bond donors (Lipinski definition) is 2. The topological polar surface area (TPSA) is 121 Å². The van der Waals surface area contributed by atoms with Crippen molar-refractivity contribution < 1.29 is 4.79 Å². The highest BCUT2D eigenvalue weighted by molar-refractivity contribution is 5.91. The Morgan fingerprint density at radius 2 is 2.08 bits per heavy atom. The van der Waals surface area contributed by atoms with Crippen LogP contribution in [0.3, 0.4) is 0 Å². The minimum absolute atomic E-state index is 0.184. The smallest absolute Gasteiger partial charge is 0.274 e. The Kier molecular flexibility index (Phi) is 4.62. The van der Waals surface area contributed by atoms with Gasteiger partial charge in [-0.3, -0.25) is 14.3 Å². The van der Waals surface area contributed by atoms with Crippen molar-refractivity contribution in [1.82, 2.24) is 30.1 Å². The molecule has 0 atom stereocenters. The lowest BCUT2D eigenvalue weighted by molar-refractivity contribution is 0.0946.